The van der Waals surface area contributed by atoms with Gasteiger partial charge in [-0.05, 0) is 24.6 Å². The highest BCUT2D eigenvalue weighted by Gasteiger charge is 2.08. The van der Waals surface area contributed by atoms with Crippen molar-refractivity contribution in [3.05, 3.63) is 30.1 Å². The molecular weight excluding hydrogens is 240 g/mol. The summed E-state index contributed by atoms with van der Waals surface area (Å²) in [4.78, 5) is 7.68. The molecule has 3 rings (SSSR count). The second-order valence-corrected chi connectivity index (χ2v) is 4.50. The Labute approximate surface area is 110 Å². The van der Waals surface area contributed by atoms with Gasteiger partial charge in [0, 0.05) is 18.9 Å². The lowest BCUT2D eigenvalue weighted by Gasteiger charge is -2.00. The number of nitrogens with one attached hydrogen (secondary N) is 2. The Hall–Kier alpha value is -2.50. The summed E-state index contributed by atoms with van der Waals surface area (Å²) in [6, 6.07) is 5.61. The highest BCUT2D eigenvalue weighted by molar-refractivity contribution is 5.81. The van der Waals surface area contributed by atoms with Crippen LogP contribution in [-0.2, 0) is 13.5 Å². The zero-order valence-electron chi connectivity index (χ0n) is 10.9. The van der Waals surface area contributed by atoms with Crippen molar-refractivity contribution < 1.29 is 0 Å². The number of aromatic amines is 1. The molecule has 0 aliphatic rings. The van der Waals surface area contributed by atoms with Crippen LogP contribution in [0.2, 0.25) is 0 Å². The predicted molar refractivity (Wildman–Crippen MR) is 76.4 cm³/mol. The number of H-pyrrole nitrogens is 1. The van der Waals surface area contributed by atoms with Gasteiger partial charge in [-0.2, -0.15) is 5.10 Å². The molecule has 0 aliphatic carbocycles. The summed E-state index contributed by atoms with van der Waals surface area (Å²) in [6.45, 7) is 2.08. The Balaban J connectivity index is 1.96. The van der Waals surface area contributed by atoms with E-state index in [1.807, 2.05) is 31.4 Å². The number of anilines is 3. The number of hydrogen-bond donors (Lipinski definition) is 3. The van der Waals surface area contributed by atoms with Crippen molar-refractivity contribution in [3.8, 4) is 0 Å². The number of benzene rings is 1. The lowest BCUT2D eigenvalue weighted by atomic mass is 10.3. The van der Waals surface area contributed by atoms with E-state index in [2.05, 4.69) is 27.3 Å². The number of rotatable bonds is 3. The minimum Gasteiger partial charge on any atom is -0.399 e. The van der Waals surface area contributed by atoms with Crippen LogP contribution < -0.4 is 11.1 Å². The van der Waals surface area contributed by atoms with Gasteiger partial charge in [0.05, 0.1) is 22.4 Å². The van der Waals surface area contributed by atoms with Crippen molar-refractivity contribution in [1.29, 1.82) is 0 Å². The third-order valence-corrected chi connectivity index (χ3v) is 3.00. The average molecular weight is 256 g/mol. The molecule has 2 aromatic heterocycles. The van der Waals surface area contributed by atoms with Crippen LogP contribution in [0.4, 0.5) is 17.3 Å². The van der Waals surface area contributed by atoms with Crippen LogP contribution in [0.1, 0.15) is 12.6 Å². The SMILES string of the molecule is CCc1nn(C)cc1Nc1nc2ccc(N)cc2[nH]1. The van der Waals surface area contributed by atoms with E-state index in [4.69, 9.17) is 5.73 Å². The number of nitrogen functional groups attached to an aromatic ring is 1. The predicted octanol–water partition coefficient (Wildman–Crippen LogP) is 2.18. The van der Waals surface area contributed by atoms with Crippen LogP contribution in [0.25, 0.3) is 11.0 Å². The summed E-state index contributed by atoms with van der Waals surface area (Å²) in [7, 11) is 1.91. The number of aryl methyl sites for hydroxylation is 2. The van der Waals surface area contributed by atoms with E-state index in [0.29, 0.717) is 5.95 Å². The average Bonchev–Trinajstić information content (AvgIpc) is 2.92. The summed E-state index contributed by atoms with van der Waals surface area (Å²) >= 11 is 0. The molecule has 0 saturated carbocycles. The number of imidazole rings is 1. The van der Waals surface area contributed by atoms with E-state index in [9.17, 15) is 0 Å². The van der Waals surface area contributed by atoms with E-state index < -0.39 is 0 Å². The monoisotopic (exact) mass is 256 g/mol. The second kappa shape index (κ2) is 4.31. The van der Waals surface area contributed by atoms with Crippen LogP contribution in [0, 0.1) is 0 Å². The highest BCUT2D eigenvalue weighted by atomic mass is 15.3. The molecule has 0 bridgehead atoms. The first-order valence-electron chi connectivity index (χ1n) is 6.20. The highest BCUT2D eigenvalue weighted by Crippen LogP contribution is 2.22. The molecule has 4 N–H and O–H groups in total. The topological polar surface area (TPSA) is 84.6 Å². The fourth-order valence-electron chi connectivity index (χ4n) is 2.11. The fourth-order valence-corrected chi connectivity index (χ4v) is 2.11. The van der Waals surface area contributed by atoms with Crippen LogP contribution in [-0.4, -0.2) is 19.7 Å². The molecule has 0 saturated heterocycles. The van der Waals surface area contributed by atoms with E-state index in [0.717, 1.165) is 34.5 Å². The Kier molecular flexibility index (Phi) is 2.63. The first-order valence-corrected chi connectivity index (χ1v) is 6.20. The number of aromatic nitrogens is 4. The summed E-state index contributed by atoms with van der Waals surface area (Å²) in [6.07, 6.45) is 2.82. The molecule has 6 nitrogen and oxygen atoms in total. The zero-order valence-corrected chi connectivity index (χ0v) is 10.9. The Morgan fingerprint density at radius 3 is 3.05 bits per heavy atom. The van der Waals surface area contributed by atoms with Crippen LogP contribution in [0.5, 0.6) is 0 Å². The van der Waals surface area contributed by atoms with Gasteiger partial charge in [0.15, 0.2) is 0 Å². The van der Waals surface area contributed by atoms with Crippen molar-refractivity contribution in [2.75, 3.05) is 11.1 Å². The number of hydrogen-bond acceptors (Lipinski definition) is 4. The number of fused-ring (bicyclic) bond motifs is 1. The smallest absolute Gasteiger partial charge is 0.205 e. The normalized spacial score (nSPS) is 11.1. The molecule has 2 heterocycles. The minimum absolute atomic E-state index is 0.698. The molecule has 0 amide bonds. The van der Waals surface area contributed by atoms with Gasteiger partial charge in [-0.3, -0.25) is 4.68 Å². The second-order valence-electron chi connectivity index (χ2n) is 4.50. The molecule has 3 aromatic rings. The Bertz CT molecular complexity index is 724. The molecule has 98 valence electrons. The lowest BCUT2D eigenvalue weighted by Crippen LogP contribution is -1.94. The largest absolute Gasteiger partial charge is 0.399 e. The van der Waals surface area contributed by atoms with Crippen molar-refractivity contribution in [1.82, 2.24) is 19.7 Å². The molecule has 0 spiro atoms. The first kappa shape index (κ1) is 11.6. The number of nitrogens with two attached hydrogens (primary N) is 1. The number of nitrogens with zero attached hydrogens (tertiary/aromatic N) is 3. The van der Waals surface area contributed by atoms with E-state index in [1.165, 1.54) is 0 Å². The van der Waals surface area contributed by atoms with Gasteiger partial charge < -0.3 is 16.0 Å². The quantitative estimate of drug-likeness (QED) is 0.627. The maximum Gasteiger partial charge on any atom is 0.205 e. The van der Waals surface area contributed by atoms with Gasteiger partial charge in [-0.15, -0.1) is 0 Å². The maximum absolute atomic E-state index is 5.75. The lowest BCUT2D eigenvalue weighted by molar-refractivity contribution is 0.746. The molecule has 0 fully saturated rings. The van der Waals surface area contributed by atoms with Gasteiger partial charge in [-0.1, -0.05) is 6.92 Å². The third kappa shape index (κ3) is 2.12. The fraction of sp³-hybridized carbons (Fsp3) is 0.231. The Morgan fingerprint density at radius 2 is 2.26 bits per heavy atom. The van der Waals surface area contributed by atoms with Crippen LogP contribution in [0.3, 0.4) is 0 Å². The standard InChI is InChI=1S/C13H16N6/c1-3-9-12(7-19(2)18-9)17-13-15-10-5-4-8(14)6-11(10)16-13/h4-7H,3,14H2,1-2H3,(H2,15,16,17). The molecule has 6 heteroatoms. The molecule has 0 aliphatic heterocycles. The first-order chi connectivity index (χ1) is 9.15. The molecule has 0 radical (unpaired) electrons. The summed E-state index contributed by atoms with van der Waals surface area (Å²) in [5, 5.41) is 7.65. The summed E-state index contributed by atoms with van der Waals surface area (Å²) in [5.74, 6) is 0.698. The van der Waals surface area contributed by atoms with Gasteiger partial charge in [-0.25, -0.2) is 4.98 Å². The third-order valence-electron chi connectivity index (χ3n) is 3.00. The summed E-state index contributed by atoms with van der Waals surface area (Å²) in [5.41, 5.74) is 10.3. The van der Waals surface area contributed by atoms with E-state index in [1.54, 1.807) is 4.68 Å². The van der Waals surface area contributed by atoms with Crippen molar-refractivity contribution in [3.63, 3.8) is 0 Å². The zero-order chi connectivity index (χ0) is 13.4. The van der Waals surface area contributed by atoms with Crippen LogP contribution in [0.15, 0.2) is 24.4 Å². The maximum atomic E-state index is 5.75. The van der Waals surface area contributed by atoms with Crippen molar-refractivity contribution in [2.45, 2.75) is 13.3 Å². The minimum atomic E-state index is 0.698. The molecule has 1 aromatic carbocycles. The van der Waals surface area contributed by atoms with Crippen molar-refractivity contribution >= 4 is 28.4 Å². The molecular formula is C13H16N6. The van der Waals surface area contributed by atoms with Crippen molar-refractivity contribution in [2.24, 2.45) is 7.05 Å². The van der Waals surface area contributed by atoms with Crippen LogP contribution >= 0.6 is 0 Å². The van der Waals surface area contributed by atoms with Gasteiger partial charge in [0.2, 0.25) is 5.95 Å². The molecule has 0 unspecified atom stereocenters. The van der Waals surface area contributed by atoms with E-state index >= 15 is 0 Å². The van der Waals surface area contributed by atoms with Gasteiger partial charge in [0.1, 0.15) is 0 Å². The molecule has 19 heavy (non-hydrogen) atoms. The molecule has 0 atom stereocenters. The summed E-state index contributed by atoms with van der Waals surface area (Å²) < 4.78 is 1.79. The van der Waals surface area contributed by atoms with E-state index in [-0.39, 0.29) is 0 Å². The van der Waals surface area contributed by atoms with Gasteiger partial charge >= 0.3 is 0 Å². The van der Waals surface area contributed by atoms with Gasteiger partial charge in [0.25, 0.3) is 0 Å². The Morgan fingerprint density at radius 1 is 1.42 bits per heavy atom.